The molecule has 22 heavy (non-hydrogen) atoms. The van der Waals surface area contributed by atoms with Crippen LogP contribution in [0.1, 0.15) is 22.6 Å². The second kappa shape index (κ2) is 7.74. The summed E-state index contributed by atoms with van der Waals surface area (Å²) in [5.41, 5.74) is 3.05. The Morgan fingerprint density at radius 3 is 2.41 bits per heavy atom. The van der Waals surface area contributed by atoms with Crippen LogP contribution in [0.2, 0.25) is 0 Å². The van der Waals surface area contributed by atoms with Crippen molar-refractivity contribution in [3.8, 4) is 6.07 Å². The summed E-state index contributed by atoms with van der Waals surface area (Å²) in [5.74, 6) is 0.945. The topological polar surface area (TPSA) is 59.0 Å². The van der Waals surface area contributed by atoms with Crippen LogP contribution in [0.4, 0.5) is 0 Å². The molecule has 5 heteroatoms. The van der Waals surface area contributed by atoms with E-state index in [2.05, 4.69) is 39.9 Å². The van der Waals surface area contributed by atoms with E-state index in [1.165, 1.54) is 5.56 Å². The smallest absolute Gasteiger partial charge is 0.103 e. The lowest BCUT2D eigenvalue weighted by Crippen LogP contribution is -2.31. The van der Waals surface area contributed by atoms with Crippen molar-refractivity contribution in [3.05, 3.63) is 53.1 Å². The molecule has 0 radical (unpaired) electrons. The summed E-state index contributed by atoms with van der Waals surface area (Å²) < 4.78 is 0. The Morgan fingerprint density at radius 2 is 1.86 bits per heavy atom. The molecule has 2 rings (SSSR count). The van der Waals surface area contributed by atoms with Crippen LogP contribution in [0, 0.1) is 18.3 Å². The zero-order chi connectivity index (χ0) is 15.9. The van der Waals surface area contributed by atoms with Crippen LogP contribution in [0.3, 0.4) is 0 Å². The van der Waals surface area contributed by atoms with Gasteiger partial charge in [0.2, 0.25) is 0 Å². The lowest BCUT2D eigenvalue weighted by atomic mass is 10.1. The maximum Gasteiger partial charge on any atom is 0.103 e. The van der Waals surface area contributed by atoms with Crippen molar-refractivity contribution < 1.29 is 0 Å². The first-order valence-electron chi connectivity index (χ1n) is 7.43. The first kappa shape index (κ1) is 16.2. The SMILES string of the molecule is Cc1ncc(CN(CCN(C)C)Cc2ccc(C#N)cc2)[nH]1. The number of nitriles is 1. The van der Waals surface area contributed by atoms with E-state index in [1.54, 1.807) is 0 Å². The Balaban J connectivity index is 2.04. The molecule has 0 fully saturated rings. The van der Waals surface area contributed by atoms with Crippen LogP contribution in [0.15, 0.2) is 30.5 Å². The second-order valence-electron chi connectivity index (χ2n) is 5.82. The Hall–Kier alpha value is -2.16. The zero-order valence-electron chi connectivity index (χ0n) is 13.5. The number of H-pyrrole nitrogens is 1. The van der Waals surface area contributed by atoms with Crippen molar-refractivity contribution in [2.24, 2.45) is 0 Å². The number of aromatic amines is 1. The molecule has 1 N–H and O–H groups in total. The Morgan fingerprint density at radius 1 is 1.14 bits per heavy atom. The quantitative estimate of drug-likeness (QED) is 0.851. The van der Waals surface area contributed by atoms with Gasteiger partial charge in [0.15, 0.2) is 0 Å². The van der Waals surface area contributed by atoms with Gasteiger partial charge in [-0.3, -0.25) is 4.90 Å². The summed E-state index contributed by atoms with van der Waals surface area (Å²) >= 11 is 0. The number of hydrogen-bond donors (Lipinski definition) is 1. The molecule has 0 saturated heterocycles. The van der Waals surface area contributed by atoms with Gasteiger partial charge in [-0.2, -0.15) is 5.26 Å². The monoisotopic (exact) mass is 297 g/mol. The second-order valence-corrected chi connectivity index (χ2v) is 5.82. The number of hydrogen-bond acceptors (Lipinski definition) is 4. The van der Waals surface area contributed by atoms with Crippen molar-refractivity contribution in [1.82, 2.24) is 19.8 Å². The molecule has 0 atom stereocenters. The summed E-state index contributed by atoms with van der Waals surface area (Å²) in [6.45, 7) is 5.65. The standard InChI is InChI=1S/C17H23N5/c1-14-19-11-17(20-14)13-22(9-8-21(2)3)12-16-6-4-15(10-18)5-7-16/h4-7,11H,8-9,12-13H2,1-3H3,(H,19,20). The van der Waals surface area contributed by atoms with E-state index < -0.39 is 0 Å². The normalized spacial score (nSPS) is 11.1. The lowest BCUT2D eigenvalue weighted by molar-refractivity contribution is 0.224. The highest BCUT2D eigenvalue weighted by Crippen LogP contribution is 2.10. The maximum atomic E-state index is 8.88. The van der Waals surface area contributed by atoms with E-state index in [9.17, 15) is 0 Å². The van der Waals surface area contributed by atoms with Gasteiger partial charge in [-0.15, -0.1) is 0 Å². The molecule has 0 bridgehead atoms. The van der Waals surface area contributed by atoms with Crippen LogP contribution >= 0.6 is 0 Å². The minimum absolute atomic E-state index is 0.702. The first-order valence-corrected chi connectivity index (χ1v) is 7.43. The fourth-order valence-electron chi connectivity index (χ4n) is 2.29. The average Bonchev–Trinajstić information content (AvgIpc) is 2.90. The molecule has 2 aromatic rings. The van der Waals surface area contributed by atoms with E-state index in [1.807, 2.05) is 37.4 Å². The van der Waals surface area contributed by atoms with Crippen molar-refractivity contribution in [3.63, 3.8) is 0 Å². The zero-order valence-corrected chi connectivity index (χ0v) is 13.5. The maximum absolute atomic E-state index is 8.88. The largest absolute Gasteiger partial charge is 0.345 e. The number of aryl methyl sites for hydroxylation is 1. The molecular formula is C17H23N5. The minimum atomic E-state index is 0.702. The molecule has 0 aliphatic rings. The summed E-state index contributed by atoms with van der Waals surface area (Å²) in [7, 11) is 4.17. The number of benzene rings is 1. The van der Waals surface area contributed by atoms with Gasteiger partial charge in [0, 0.05) is 38.1 Å². The highest BCUT2D eigenvalue weighted by atomic mass is 15.2. The van der Waals surface area contributed by atoms with Gasteiger partial charge in [-0.05, 0) is 38.7 Å². The number of aromatic nitrogens is 2. The molecule has 116 valence electrons. The predicted octanol–water partition coefficient (Wildman–Crippen LogP) is 2.15. The molecule has 5 nitrogen and oxygen atoms in total. The van der Waals surface area contributed by atoms with E-state index in [0.29, 0.717) is 5.56 Å². The summed E-state index contributed by atoms with van der Waals surface area (Å²) in [5, 5.41) is 8.88. The van der Waals surface area contributed by atoms with Crippen molar-refractivity contribution in [1.29, 1.82) is 5.26 Å². The third-order valence-corrected chi connectivity index (χ3v) is 3.50. The third-order valence-electron chi connectivity index (χ3n) is 3.50. The van der Waals surface area contributed by atoms with E-state index in [-0.39, 0.29) is 0 Å². The predicted molar refractivity (Wildman–Crippen MR) is 87.1 cm³/mol. The van der Waals surface area contributed by atoms with Gasteiger partial charge in [-0.1, -0.05) is 12.1 Å². The fraction of sp³-hybridized carbons (Fsp3) is 0.412. The number of nitrogens with zero attached hydrogens (tertiary/aromatic N) is 4. The van der Waals surface area contributed by atoms with Gasteiger partial charge in [-0.25, -0.2) is 4.98 Å². The van der Waals surface area contributed by atoms with Crippen LogP contribution in [0.25, 0.3) is 0 Å². The van der Waals surface area contributed by atoms with Crippen molar-refractivity contribution in [2.75, 3.05) is 27.2 Å². The van der Waals surface area contributed by atoms with E-state index in [0.717, 1.165) is 37.7 Å². The molecule has 1 aromatic heterocycles. The van der Waals surface area contributed by atoms with Crippen LogP contribution < -0.4 is 0 Å². The van der Waals surface area contributed by atoms with E-state index in [4.69, 9.17) is 5.26 Å². The fourth-order valence-corrected chi connectivity index (χ4v) is 2.29. The van der Waals surface area contributed by atoms with E-state index >= 15 is 0 Å². The van der Waals surface area contributed by atoms with Crippen LogP contribution in [-0.2, 0) is 13.1 Å². The van der Waals surface area contributed by atoms with Crippen LogP contribution in [0.5, 0.6) is 0 Å². The molecular weight excluding hydrogens is 274 g/mol. The number of imidazole rings is 1. The molecule has 0 aliphatic heterocycles. The van der Waals surface area contributed by atoms with Gasteiger partial charge in [0.05, 0.1) is 11.6 Å². The molecule has 0 aliphatic carbocycles. The van der Waals surface area contributed by atoms with Crippen molar-refractivity contribution >= 4 is 0 Å². The summed E-state index contributed by atoms with van der Waals surface area (Å²) in [4.78, 5) is 12.1. The van der Waals surface area contributed by atoms with Gasteiger partial charge >= 0.3 is 0 Å². The highest BCUT2D eigenvalue weighted by Gasteiger charge is 2.09. The van der Waals surface area contributed by atoms with Gasteiger partial charge < -0.3 is 9.88 Å². The summed E-state index contributed by atoms with van der Waals surface area (Å²) in [6.07, 6.45) is 1.90. The molecule has 0 unspecified atom stereocenters. The number of nitrogens with one attached hydrogen (secondary N) is 1. The number of rotatable bonds is 7. The van der Waals surface area contributed by atoms with Crippen LogP contribution in [-0.4, -0.2) is 47.0 Å². The third kappa shape index (κ3) is 4.99. The minimum Gasteiger partial charge on any atom is -0.345 e. The molecule has 1 heterocycles. The molecule has 0 saturated carbocycles. The van der Waals surface area contributed by atoms with Gasteiger partial charge in [0.1, 0.15) is 5.82 Å². The van der Waals surface area contributed by atoms with Gasteiger partial charge in [0.25, 0.3) is 0 Å². The first-order chi connectivity index (χ1) is 10.6. The Kier molecular flexibility index (Phi) is 5.70. The summed E-state index contributed by atoms with van der Waals surface area (Å²) in [6, 6.07) is 9.96. The highest BCUT2D eigenvalue weighted by molar-refractivity contribution is 5.31. The van der Waals surface area contributed by atoms with Crippen molar-refractivity contribution in [2.45, 2.75) is 20.0 Å². The number of likely N-dealkylation sites (N-methyl/N-ethyl adjacent to an activating group) is 1. The lowest BCUT2D eigenvalue weighted by Gasteiger charge is -2.23. The average molecular weight is 297 g/mol. The Bertz CT molecular complexity index is 621. The molecule has 0 spiro atoms. The molecule has 0 amide bonds. The Labute approximate surface area is 132 Å². The molecule has 1 aromatic carbocycles.